The van der Waals surface area contributed by atoms with E-state index in [4.69, 9.17) is 4.74 Å². The summed E-state index contributed by atoms with van der Waals surface area (Å²) < 4.78 is 32.6. The number of pyridine rings is 1. The number of aromatic nitrogens is 3. The molecule has 122 valence electrons. The van der Waals surface area contributed by atoms with Gasteiger partial charge < -0.3 is 10.1 Å². The van der Waals surface area contributed by atoms with Crippen molar-refractivity contribution in [3.8, 4) is 17.0 Å². The Labute approximate surface area is 137 Å². The van der Waals surface area contributed by atoms with Crippen molar-refractivity contribution in [2.24, 2.45) is 0 Å². The van der Waals surface area contributed by atoms with Crippen molar-refractivity contribution in [1.82, 2.24) is 15.0 Å². The molecular weight excluding hydrogens is 314 g/mol. The molecule has 1 aromatic carbocycles. The highest BCUT2D eigenvalue weighted by molar-refractivity contribution is 5.68. The summed E-state index contributed by atoms with van der Waals surface area (Å²) in [7, 11) is 1.38. The molecule has 24 heavy (non-hydrogen) atoms. The molecule has 0 spiro atoms. The highest BCUT2D eigenvalue weighted by atomic mass is 19.1. The number of nitrogens with zero attached hydrogens (tertiary/aromatic N) is 3. The van der Waals surface area contributed by atoms with Crippen LogP contribution in [0, 0.1) is 18.6 Å². The average Bonchev–Trinajstić information content (AvgIpc) is 2.57. The first-order valence-corrected chi connectivity index (χ1v) is 7.13. The Kier molecular flexibility index (Phi) is 4.33. The summed E-state index contributed by atoms with van der Waals surface area (Å²) in [5.74, 6) is -0.211. The van der Waals surface area contributed by atoms with Crippen LogP contribution >= 0.6 is 0 Å². The largest absolute Gasteiger partial charge is 0.496 e. The minimum Gasteiger partial charge on any atom is -0.496 e. The summed E-state index contributed by atoms with van der Waals surface area (Å²) in [4.78, 5) is 12.2. The van der Waals surface area contributed by atoms with Crippen molar-refractivity contribution < 1.29 is 13.5 Å². The summed E-state index contributed by atoms with van der Waals surface area (Å²) in [6, 6.07) is 7.46. The summed E-state index contributed by atoms with van der Waals surface area (Å²) in [5, 5.41) is 2.92. The fourth-order valence-electron chi connectivity index (χ4n) is 2.20. The van der Waals surface area contributed by atoms with E-state index in [1.54, 1.807) is 6.20 Å². The summed E-state index contributed by atoms with van der Waals surface area (Å²) in [6.07, 6.45) is 2.69. The number of hydrogen-bond donors (Lipinski definition) is 1. The summed E-state index contributed by atoms with van der Waals surface area (Å²) in [6.45, 7) is 1.92. The number of hydrogen-bond acceptors (Lipinski definition) is 5. The summed E-state index contributed by atoms with van der Waals surface area (Å²) >= 11 is 0. The Balaban J connectivity index is 2.01. The molecule has 0 aliphatic rings. The topological polar surface area (TPSA) is 59.9 Å². The van der Waals surface area contributed by atoms with Gasteiger partial charge in [0.1, 0.15) is 23.1 Å². The van der Waals surface area contributed by atoms with Gasteiger partial charge in [-0.05, 0) is 36.8 Å². The third-order valence-corrected chi connectivity index (χ3v) is 3.32. The average molecular weight is 328 g/mol. The molecule has 5 nitrogen and oxygen atoms in total. The fourth-order valence-corrected chi connectivity index (χ4v) is 2.20. The van der Waals surface area contributed by atoms with E-state index in [-0.39, 0.29) is 17.4 Å². The van der Waals surface area contributed by atoms with E-state index < -0.39 is 11.6 Å². The number of nitrogens with one attached hydrogen (secondary N) is 1. The van der Waals surface area contributed by atoms with Crippen molar-refractivity contribution in [1.29, 1.82) is 0 Å². The molecule has 0 unspecified atom stereocenters. The molecule has 0 fully saturated rings. The zero-order chi connectivity index (χ0) is 17.1. The Morgan fingerprint density at radius 2 is 1.92 bits per heavy atom. The molecule has 0 atom stereocenters. The van der Waals surface area contributed by atoms with Crippen molar-refractivity contribution in [2.45, 2.75) is 6.92 Å². The molecule has 2 aromatic heterocycles. The molecule has 0 saturated heterocycles. The van der Waals surface area contributed by atoms with Crippen LogP contribution < -0.4 is 10.1 Å². The summed E-state index contributed by atoms with van der Waals surface area (Å²) in [5.41, 5.74) is 1.35. The maximum atomic E-state index is 14.2. The first kappa shape index (κ1) is 15.8. The van der Waals surface area contributed by atoms with Gasteiger partial charge in [0, 0.05) is 17.8 Å². The van der Waals surface area contributed by atoms with Gasteiger partial charge in [-0.1, -0.05) is 0 Å². The molecule has 2 heterocycles. The van der Waals surface area contributed by atoms with Gasteiger partial charge in [-0.3, -0.25) is 0 Å². The zero-order valence-electron chi connectivity index (χ0n) is 13.0. The highest BCUT2D eigenvalue weighted by Gasteiger charge is 2.15. The first-order valence-electron chi connectivity index (χ1n) is 7.13. The predicted molar refractivity (Wildman–Crippen MR) is 86.2 cm³/mol. The van der Waals surface area contributed by atoms with Gasteiger partial charge in [0.15, 0.2) is 5.82 Å². The van der Waals surface area contributed by atoms with Gasteiger partial charge in [0.25, 0.3) is 0 Å². The molecular formula is C17H14F2N4O. The van der Waals surface area contributed by atoms with Crippen LogP contribution in [0.5, 0.6) is 5.75 Å². The molecule has 0 radical (unpaired) electrons. The van der Waals surface area contributed by atoms with Gasteiger partial charge in [0.05, 0.1) is 13.3 Å². The normalized spacial score (nSPS) is 10.5. The van der Waals surface area contributed by atoms with Crippen LogP contribution in [0.15, 0.2) is 42.7 Å². The number of benzene rings is 1. The lowest BCUT2D eigenvalue weighted by Crippen LogP contribution is -2.02. The van der Waals surface area contributed by atoms with Gasteiger partial charge in [-0.25, -0.2) is 23.7 Å². The van der Waals surface area contributed by atoms with Crippen LogP contribution in [-0.2, 0) is 0 Å². The molecule has 0 aliphatic carbocycles. The molecule has 1 N–H and O–H groups in total. The number of aryl methyl sites for hydroxylation is 1. The van der Waals surface area contributed by atoms with Crippen LogP contribution in [0.2, 0.25) is 0 Å². The molecule has 0 bridgehead atoms. The molecule has 3 rings (SSSR count). The van der Waals surface area contributed by atoms with Gasteiger partial charge in [-0.15, -0.1) is 0 Å². The Morgan fingerprint density at radius 3 is 2.67 bits per heavy atom. The number of rotatable bonds is 4. The van der Waals surface area contributed by atoms with Crippen molar-refractivity contribution in [3.63, 3.8) is 0 Å². The van der Waals surface area contributed by atoms with Crippen LogP contribution in [0.25, 0.3) is 11.3 Å². The Hall–Kier alpha value is -3.09. The maximum Gasteiger partial charge on any atom is 0.229 e. The van der Waals surface area contributed by atoms with E-state index in [2.05, 4.69) is 20.3 Å². The third-order valence-electron chi connectivity index (χ3n) is 3.32. The van der Waals surface area contributed by atoms with Crippen LogP contribution in [0.1, 0.15) is 5.56 Å². The molecule has 7 heteroatoms. The van der Waals surface area contributed by atoms with E-state index in [1.807, 2.05) is 19.1 Å². The third kappa shape index (κ3) is 3.29. The number of ether oxygens (including phenoxy) is 1. The van der Waals surface area contributed by atoms with Gasteiger partial charge in [-0.2, -0.15) is 0 Å². The second kappa shape index (κ2) is 6.57. The molecule has 0 saturated carbocycles. The van der Waals surface area contributed by atoms with Crippen molar-refractivity contribution in [3.05, 3.63) is 59.9 Å². The van der Waals surface area contributed by atoms with Gasteiger partial charge >= 0.3 is 0 Å². The second-order valence-corrected chi connectivity index (χ2v) is 5.08. The minimum absolute atomic E-state index is 0.0111. The fraction of sp³-hybridized carbons (Fsp3) is 0.118. The highest BCUT2D eigenvalue weighted by Crippen LogP contribution is 2.31. The lowest BCUT2D eigenvalue weighted by molar-refractivity contribution is 0.412. The van der Waals surface area contributed by atoms with Gasteiger partial charge in [0.2, 0.25) is 5.95 Å². The smallest absolute Gasteiger partial charge is 0.229 e. The number of methoxy groups -OCH3 is 1. The van der Waals surface area contributed by atoms with Crippen LogP contribution in [0.4, 0.5) is 20.5 Å². The van der Waals surface area contributed by atoms with Crippen LogP contribution in [0.3, 0.4) is 0 Å². The van der Waals surface area contributed by atoms with E-state index >= 15 is 0 Å². The quantitative estimate of drug-likeness (QED) is 0.787. The SMILES string of the molecule is COc1cc(F)ccc1-c1nc(Nc2cc(C)ccn2)ncc1F. The van der Waals surface area contributed by atoms with Crippen LogP contribution in [-0.4, -0.2) is 22.1 Å². The first-order chi connectivity index (χ1) is 11.6. The molecule has 0 amide bonds. The standard InChI is InChI=1S/C17H14F2N4O/c1-10-5-6-20-15(7-10)22-17-21-9-13(19)16(23-17)12-4-3-11(18)8-14(12)24-2/h3-9H,1-2H3,(H,20,21,22,23). The molecule has 3 aromatic rings. The maximum absolute atomic E-state index is 14.2. The molecule has 0 aliphatic heterocycles. The van der Waals surface area contributed by atoms with E-state index in [1.165, 1.54) is 25.3 Å². The Bertz CT molecular complexity index is 886. The number of anilines is 2. The zero-order valence-corrected chi connectivity index (χ0v) is 13.0. The monoisotopic (exact) mass is 328 g/mol. The van der Waals surface area contributed by atoms with Crippen molar-refractivity contribution >= 4 is 11.8 Å². The minimum atomic E-state index is -0.636. The lowest BCUT2D eigenvalue weighted by atomic mass is 10.1. The van der Waals surface area contributed by atoms with E-state index in [0.29, 0.717) is 11.4 Å². The predicted octanol–water partition coefficient (Wildman–Crippen LogP) is 3.88. The van der Waals surface area contributed by atoms with E-state index in [9.17, 15) is 8.78 Å². The number of halogens is 2. The van der Waals surface area contributed by atoms with E-state index in [0.717, 1.165) is 11.8 Å². The lowest BCUT2D eigenvalue weighted by Gasteiger charge is -2.10. The Morgan fingerprint density at radius 1 is 1.08 bits per heavy atom. The van der Waals surface area contributed by atoms with Crippen molar-refractivity contribution in [2.75, 3.05) is 12.4 Å². The second-order valence-electron chi connectivity index (χ2n) is 5.08.